The van der Waals surface area contributed by atoms with Gasteiger partial charge in [-0.1, -0.05) is 6.07 Å². The third kappa shape index (κ3) is 4.38. The van der Waals surface area contributed by atoms with Crippen molar-refractivity contribution in [2.24, 2.45) is 17.8 Å². The van der Waals surface area contributed by atoms with E-state index in [1.54, 1.807) is 6.07 Å². The van der Waals surface area contributed by atoms with E-state index in [1.165, 1.54) is 0 Å². The number of carboxylic acids is 1. The van der Waals surface area contributed by atoms with Crippen LogP contribution >= 0.6 is 0 Å². The van der Waals surface area contributed by atoms with Crippen LogP contribution in [-0.4, -0.2) is 22.9 Å². The van der Waals surface area contributed by atoms with Gasteiger partial charge in [-0.3, -0.25) is 14.4 Å². The molecule has 3 rings (SSSR count). The fraction of sp³-hybridized carbons (Fsp3) is 0.526. The summed E-state index contributed by atoms with van der Waals surface area (Å²) in [6.45, 7) is 1.91. The molecular weight excluding hydrogens is 320 g/mol. The Morgan fingerprint density at radius 1 is 0.880 bits per heavy atom. The number of carboxylic acid groups (broad SMARTS) is 1. The molecule has 0 radical (unpaired) electrons. The van der Waals surface area contributed by atoms with E-state index in [1.807, 2.05) is 19.1 Å². The lowest BCUT2D eigenvalue weighted by atomic mass is 9.81. The fourth-order valence-corrected chi connectivity index (χ4v) is 3.26. The summed E-state index contributed by atoms with van der Waals surface area (Å²) in [5, 5.41) is 14.9. The maximum absolute atomic E-state index is 12.5. The number of anilines is 2. The standard InChI is InChI=1S/C19H24N2O4/c1-11-2-9-15(20-17(22)12-3-4-12)10-16(11)21-18(23)13-5-7-14(8-6-13)19(24)25/h2,9-10,12-14H,3-8H2,1H3,(H,20,22)(H,21,23)(H,24,25). The lowest BCUT2D eigenvalue weighted by molar-refractivity contribution is -0.143. The molecule has 0 heterocycles. The minimum Gasteiger partial charge on any atom is -0.481 e. The Hall–Kier alpha value is -2.37. The SMILES string of the molecule is Cc1ccc(NC(=O)C2CC2)cc1NC(=O)C1CCC(C(=O)O)CC1. The summed E-state index contributed by atoms with van der Waals surface area (Å²) in [6.07, 6.45) is 4.17. The van der Waals surface area contributed by atoms with Gasteiger partial charge in [0.15, 0.2) is 0 Å². The van der Waals surface area contributed by atoms with Gasteiger partial charge in [0.05, 0.1) is 5.92 Å². The number of aliphatic carboxylic acids is 1. The molecule has 2 fully saturated rings. The Kier molecular flexibility index (Phi) is 5.06. The van der Waals surface area contributed by atoms with E-state index in [4.69, 9.17) is 5.11 Å². The van der Waals surface area contributed by atoms with Crippen molar-refractivity contribution in [1.29, 1.82) is 0 Å². The van der Waals surface area contributed by atoms with Gasteiger partial charge in [0.25, 0.3) is 0 Å². The highest BCUT2D eigenvalue weighted by Gasteiger charge is 2.31. The molecule has 0 unspecified atom stereocenters. The van der Waals surface area contributed by atoms with E-state index in [0.717, 1.165) is 18.4 Å². The Morgan fingerprint density at radius 2 is 1.40 bits per heavy atom. The number of hydrogen-bond acceptors (Lipinski definition) is 3. The average molecular weight is 344 g/mol. The van der Waals surface area contributed by atoms with Crippen molar-refractivity contribution in [2.45, 2.75) is 45.4 Å². The van der Waals surface area contributed by atoms with E-state index in [9.17, 15) is 14.4 Å². The van der Waals surface area contributed by atoms with Crippen LogP contribution in [0.2, 0.25) is 0 Å². The summed E-state index contributed by atoms with van der Waals surface area (Å²) < 4.78 is 0. The Balaban J connectivity index is 1.60. The van der Waals surface area contributed by atoms with Gasteiger partial charge in [0.2, 0.25) is 11.8 Å². The molecule has 0 bridgehead atoms. The van der Waals surface area contributed by atoms with Crippen LogP contribution in [0.4, 0.5) is 11.4 Å². The third-order valence-corrected chi connectivity index (χ3v) is 5.16. The fourth-order valence-electron chi connectivity index (χ4n) is 3.26. The Labute approximate surface area is 147 Å². The molecule has 2 aliphatic carbocycles. The van der Waals surface area contributed by atoms with Crippen molar-refractivity contribution in [3.05, 3.63) is 23.8 Å². The quantitative estimate of drug-likeness (QED) is 0.764. The zero-order valence-electron chi connectivity index (χ0n) is 14.4. The first-order valence-electron chi connectivity index (χ1n) is 8.89. The first-order valence-corrected chi connectivity index (χ1v) is 8.89. The van der Waals surface area contributed by atoms with Crippen LogP contribution in [0.15, 0.2) is 18.2 Å². The van der Waals surface area contributed by atoms with Crippen LogP contribution in [-0.2, 0) is 14.4 Å². The van der Waals surface area contributed by atoms with E-state index >= 15 is 0 Å². The van der Waals surface area contributed by atoms with Gasteiger partial charge in [-0.05, 0) is 63.1 Å². The van der Waals surface area contributed by atoms with Crippen LogP contribution in [0.5, 0.6) is 0 Å². The number of benzene rings is 1. The molecule has 3 N–H and O–H groups in total. The summed E-state index contributed by atoms with van der Waals surface area (Å²) in [4.78, 5) is 35.4. The predicted octanol–water partition coefficient (Wildman–Crippen LogP) is 3.17. The molecule has 0 aromatic heterocycles. The van der Waals surface area contributed by atoms with Crippen molar-refractivity contribution in [3.8, 4) is 0 Å². The molecule has 134 valence electrons. The number of amides is 2. The zero-order valence-corrected chi connectivity index (χ0v) is 14.4. The first kappa shape index (κ1) is 17.5. The molecule has 2 saturated carbocycles. The van der Waals surface area contributed by atoms with E-state index < -0.39 is 5.97 Å². The summed E-state index contributed by atoms with van der Waals surface area (Å²) >= 11 is 0. The van der Waals surface area contributed by atoms with Crippen molar-refractivity contribution in [1.82, 2.24) is 0 Å². The monoisotopic (exact) mass is 344 g/mol. The highest BCUT2D eigenvalue weighted by Crippen LogP contribution is 2.32. The lowest BCUT2D eigenvalue weighted by Gasteiger charge is -2.25. The Morgan fingerprint density at radius 3 is 1.96 bits per heavy atom. The number of nitrogens with one attached hydrogen (secondary N) is 2. The van der Waals surface area contributed by atoms with E-state index in [-0.39, 0.29) is 29.6 Å². The van der Waals surface area contributed by atoms with Crippen LogP contribution in [0.25, 0.3) is 0 Å². The molecule has 2 aliphatic rings. The van der Waals surface area contributed by atoms with Gasteiger partial charge in [-0.25, -0.2) is 0 Å². The second-order valence-electron chi connectivity index (χ2n) is 7.17. The summed E-state index contributed by atoms with van der Waals surface area (Å²) in [5.74, 6) is -1.16. The average Bonchev–Trinajstić information content (AvgIpc) is 3.43. The van der Waals surface area contributed by atoms with Crippen molar-refractivity contribution in [2.75, 3.05) is 10.6 Å². The molecule has 6 heteroatoms. The molecule has 0 spiro atoms. The maximum atomic E-state index is 12.5. The van der Waals surface area contributed by atoms with Gasteiger partial charge in [0.1, 0.15) is 0 Å². The predicted molar refractivity (Wildman–Crippen MR) is 94.2 cm³/mol. The maximum Gasteiger partial charge on any atom is 0.306 e. The largest absolute Gasteiger partial charge is 0.481 e. The van der Waals surface area contributed by atoms with E-state index in [0.29, 0.717) is 37.1 Å². The lowest BCUT2D eigenvalue weighted by Crippen LogP contribution is -2.29. The molecule has 2 amide bonds. The number of rotatable bonds is 5. The first-order chi connectivity index (χ1) is 11.9. The van der Waals surface area contributed by atoms with Gasteiger partial charge >= 0.3 is 5.97 Å². The van der Waals surface area contributed by atoms with Gasteiger partial charge in [0, 0.05) is 23.2 Å². The molecular formula is C19H24N2O4. The van der Waals surface area contributed by atoms with Gasteiger partial charge in [-0.15, -0.1) is 0 Å². The highest BCUT2D eigenvalue weighted by molar-refractivity contribution is 5.97. The van der Waals surface area contributed by atoms with Crippen LogP contribution < -0.4 is 10.6 Å². The zero-order chi connectivity index (χ0) is 18.0. The minimum absolute atomic E-state index is 0.0353. The third-order valence-electron chi connectivity index (χ3n) is 5.16. The second kappa shape index (κ2) is 7.25. The summed E-state index contributed by atoms with van der Waals surface area (Å²) in [7, 11) is 0. The topological polar surface area (TPSA) is 95.5 Å². The minimum atomic E-state index is -0.770. The van der Waals surface area contributed by atoms with Crippen molar-refractivity contribution in [3.63, 3.8) is 0 Å². The second-order valence-corrected chi connectivity index (χ2v) is 7.17. The molecule has 1 aromatic carbocycles. The van der Waals surface area contributed by atoms with Crippen LogP contribution in [0, 0.1) is 24.7 Å². The number of hydrogen-bond donors (Lipinski definition) is 3. The van der Waals surface area contributed by atoms with Crippen LogP contribution in [0.3, 0.4) is 0 Å². The molecule has 6 nitrogen and oxygen atoms in total. The Bertz CT molecular complexity index is 689. The highest BCUT2D eigenvalue weighted by atomic mass is 16.4. The number of carbonyl (C=O) groups is 3. The molecule has 0 aliphatic heterocycles. The van der Waals surface area contributed by atoms with E-state index in [2.05, 4.69) is 10.6 Å². The van der Waals surface area contributed by atoms with Gasteiger partial charge in [-0.2, -0.15) is 0 Å². The number of carbonyl (C=O) groups excluding carboxylic acids is 2. The van der Waals surface area contributed by atoms with Crippen molar-refractivity contribution < 1.29 is 19.5 Å². The van der Waals surface area contributed by atoms with Gasteiger partial charge < -0.3 is 15.7 Å². The molecule has 0 atom stereocenters. The number of aryl methyl sites for hydroxylation is 1. The normalized spacial score (nSPS) is 22.9. The molecule has 25 heavy (non-hydrogen) atoms. The van der Waals surface area contributed by atoms with Crippen molar-refractivity contribution >= 4 is 29.2 Å². The summed E-state index contributed by atoms with van der Waals surface area (Å²) in [6, 6.07) is 5.50. The molecule has 1 aromatic rings. The molecule has 0 saturated heterocycles. The summed E-state index contributed by atoms with van der Waals surface area (Å²) in [5.41, 5.74) is 2.31. The van der Waals surface area contributed by atoms with Crippen LogP contribution in [0.1, 0.15) is 44.1 Å². The smallest absolute Gasteiger partial charge is 0.306 e.